The lowest BCUT2D eigenvalue weighted by molar-refractivity contribution is 0.0723. The summed E-state index contributed by atoms with van der Waals surface area (Å²) in [6.45, 7) is 5.26. The van der Waals surface area contributed by atoms with Crippen molar-refractivity contribution in [1.82, 2.24) is 10.6 Å². The molecular weight excluding hydrogens is 409 g/mol. The first kappa shape index (κ1) is 20.4. The molecule has 1 aliphatic carbocycles. The third-order valence-electron chi connectivity index (χ3n) is 4.95. The summed E-state index contributed by atoms with van der Waals surface area (Å²) in [4.78, 5) is 4.30. The smallest absolute Gasteiger partial charge is 0.191 e. The summed E-state index contributed by atoms with van der Waals surface area (Å²) in [6.07, 6.45) is 5.95. The second kappa shape index (κ2) is 9.57. The van der Waals surface area contributed by atoms with Gasteiger partial charge in [0.2, 0.25) is 0 Å². The van der Waals surface area contributed by atoms with Crippen molar-refractivity contribution in [2.75, 3.05) is 25.1 Å². The van der Waals surface area contributed by atoms with Gasteiger partial charge in [-0.25, -0.2) is 0 Å². The minimum atomic E-state index is -0.558. The topological polar surface area (TPSA) is 56.7 Å². The normalized spacial score (nSPS) is 32.7. The summed E-state index contributed by atoms with van der Waals surface area (Å²) >= 11 is 1.83. The lowest BCUT2D eigenvalue weighted by atomic mass is 9.80. The first-order chi connectivity index (χ1) is 10.0. The van der Waals surface area contributed by atoms with Crippen molar-refractivity contribution in [3.63, 3.8) is 0 Å². The molecule has 2 rings (SSSR count). The fourth-order valence-electron chi connectivity index (χ4n) is 3.30. The van der Waals surface area contributed by atoms with Crippen LogP contribution in [0.5, 0.6) is 0 Å². The molecule has 130 valence electrons. The average Bonchev–Trinajstić information content (AvgIpc) is 2.91. The summed E-state index contributed by atoms with van der Waals surface area (Å²) in [5.74, 6) is 4.42. The van der Waals surface area contributed by atoms with Gasteiger partial charge >= 0.3 is 0 Å². The molecule has 0 aromatic rings. The van der Waals surface area contributed by atoms with Gasteiger partial charge in [0.15, 0.2) is 5.96 Å². The van der Waals surface area contributed by atoms with Crippen LogP contribution in [0, 0.1) is 11.8 Å². The summed E-state index contributed by atoms with van der Waals surface area (Å²) < 4.78 is 0. The van der Waals surface area contributed by atoms with Crippen molar-refractivity contribution in [2.45, 2.75) is 57.6 Å². The minimum Gasteiger partial charge on any atom is -0.387 e. The third kappa shape index (κ3) is 6.07. The zero-order valence-corrected chi connectivity index (χ0v) is 17.2. The molecule has 1 heterocycles. The lowest BCUT2D eigenvalue weighted by Gasteiger charge is -2.32. The van der Waals surface area contributed by atoms with Crippen LogP contribution < -0.4 is 10.6 Å². The first-order valence-electron chi connectivity index (χ1n) is 8.30. The van der Waals surface area contributed by atoms with E-state index in [1.165, 1.54) is 25.7 Å². The standard InChI is InChI=1S/C16H31N3OS.HI/c1-12(2)13-4-6-14(7-5-13)19-15(17-3)18-10-16(20)8-9-21-11-16;/h12-14,20H,4-11H2,1-3H3,(H2,17,18,19);1H. The summed E-state index contributed by atoms with van der Waals surface area (Å²) in [6, 6.07) is 0.527. The molecule has 6 heteroatoms. The van der Waals surface area contributed by atoms with E-state index < -0.39 is 5.60 Å². The maximum Gasteiger partial charge on any atom is 0.191 e. The lowest BCUT2D eigenvalue weighted by Crippen LogP contribution is -2.50. The fraction of sp³-hybridized carbons (Fsp3) is 0.938. The highest BCUT2D eigenvalue weighted by Crippen LogP contribution is 2.30. The molecule has 1 saturated heterocycles. The molecule has 1 saturated carbocycles. The summed E-state index contributed by atoms with van der Waals surface area (Å²) in [5, 5.41) is 17.2. The van der Waals surface area contributed by atoms with Crippen molar-refractivity contribution in [2.24, 2.45) is 16.8 Å². The molecular formula is C16H32IN3OS. The number of aliphatic imine (C=N–C) groups is 1. The molecule has 22 heavy (non-hydrogen) atoms. The van der Waals surface area contributed by atoms with Gasteiger partial charge in [0.05, 0.1) is 5.60 Å². The number of halogens is 1. The largest absolute Gasteiger partial charge is 0.387 e. The Balaban J connectivity index is 0.00000242. The highest BCUT2D eigenvalue weighted by molar-refractivity contribution is 14.0. The van der Waals surface area contributed by atoms with E-state index in [0.29, 0.717) is 12.6 Å². The Morgan fingerprint density at radius 3 is 2.50 bits per heavy atom. The van der Waals surface area contributed by atoms with E-state index in [0.717, 1.165) is 35.7 Å². The van der Waals surface area contributed by atoms with Crippen molar-refractivity contribution < 1.29 is 5.11 Å². The monoisotopic (exact) mass is 441 g/mol. The van der Waals surface area contributed by atoms with E-state index in [4.69, 9.17) is 0 Å². The SMILES string of the molecule is CN=C(NCC1(O)CCSC1)NC1CCC(C(C)C)CC1.I. The van der Waals surface area contributed by atoms with Crippen molar-refractivity contribution in [1.29, 1.82) is 0 Å². The van der Waals surface area contributed by atoms with Crippen LogP contribution in [0.3, 0.4) is 0 Å². The number of thioether (sulfide) groups is 1. The Kier molecular flexibility index (Phi) is 8.85. The zero-order chi connectivity index (χ0) is 15.3. The first-order valence-corrected chi connectivity index (χ1v) is 9.45. The summed E-state index contributed by atoms with van der Waals surface area (Å²) in [7, 11) is 1.81. The average molecular weight is 441 g/mol. The van der Waals surface area contributed by atoms with Crippen LogP contribution >= 0.6 is 35.7 Å². The Labute approximate surface area is 156 Å². The van der Waals surface area contributed by atoms with Gasteiger partial charge in [-0.15, -0.1) is 24.0 Å². The van der Waals surface area contributed by atoms with E-state index in [2.05, 4.69) is 29.5 Å². The Morgan fingerprint density at radius 1 is 1.32 bits per heavy atom. The number of guanidine groups is 1. The van der Waals surface area contributed by atoms with Gasteiger partial charge in [0.1, 0.15) is 0 Å². The number of hydrogen-bond donors (Lipinski definition) is 3. The van der Waals surface area contributed by atoms with Crippen LogP contribution in [0.4, 0.5) is 0 Å². The molecule has 2 aliphatic rings. The predicted molar refractivity (Wildman–Crippen MR) is 107 cm³/mol. The number of aliphatic hydroxyl groups is 1. The van der Waals surface area contributed by atoms with Gasteiger partial charge in [0.25, 0.3) is 0 Å². The van der Waals surface area contributed by atoms with Crippen LogP contribution in [-0.2, 0) is 0 Å². The van der Waals surface area contributed by atoms with Gasteiger partial charge < -0.3 is 15.7 Å². The molecule has 0 amide bonds. The van der Waals surface area contributed by atoms with Crippen LogP contribution in [0.1, 0.15) is 46.0 Å². The van der Waals surface area contributed by atoms with E-state index >= 15 is 0 Å². The van der Waals surface area contributed by atoms with E-state index in [9.17, 15) is 5.11 Å². The molecule has 0 radical (unpaired) electrons. The molecule has 0 spiro atoms. The molecule has 2 fully saturated rings. The van der Waals surface area contributed by atoms with Crippen LogP contribution in [-0.4, -0.2) is 47.8 Å². The van der Waals surface area contributed by atoms with E-state index in [-0.39, 0.29) is 24.0 Å². The predicted octanol–water partition coefficient (Wildman–Crippen LogP) is 2.85. The second-order valence-electron chi connectivity index (χ2n) is 6.95. The number of hydrogen-bond acceptors (Lipinski definition) is 3. The zero-order valence-electron chi connectivity index (χ0n) is 14.1. The third-order valence-corrected chi connectivity index (χ3v) is 6.18. The molecule has 0 aromatic carbocycles. The van der Waals surface area contributed by atoms with E-state index in [1.807, 2.05) is 18.8 Å². The van der Waals surface area contributed by atoms with Crippen molar-refractivity contribution >= 4 is 41.7 Å². The Bertz CT molecular complexity index is 351. The van der Waals surface area contributed by atoms with Crippen LogP contribution in [0.2, 0.25) is 0 Å². The molecule has 0 aromatic heterocycles. The van der Waals surface area contributed by atoms with Gasteiger partial charge in [-0.1, -0.05) is 13.8 Å². The maximum atomic E-state index is 10.4. The Hall–Kier alpha value is 0.310. The Morgan fingerprint density at radius 2 is 2.00 bits per heavy atom. The van der Waals surface area contributed by atoms with E-state index in [1.54, 1.807) is 0 Å². The quantitative estimate of drug-likeness (QED) is 0.357. The highest BCUT2D eigenvalue weighted by Gasteiger charge is 2.32. The summed E-state index contributed by atoms with van der Waals surface area (Å²) in [5.41, 5.74) is -0.558. The molecule has 4 nitrogen and oxygen atoms in total. The van der Waals surface area contributed by atoms with Gasteiger partial charge in [-0.3, -0.25) is 4.99 Å². The molecule has 1 atom stereocenters. The molecule has 1 unspecified atom stereocenters. The van der Waals surface area contributed by atoms with Gasteiger partial charge in [-0.05, 0) is 49.7 Å². The van der Waals surface area contributed by atoms with Crippen molar-refractivity contribution in [3.05, 3.63) is 0 Å². The van der Waals surface area contributed by atoms with Crippen LogP contribution in [0.15, 0.2) is 4.99 Å². The number of rotatable bonds is 4. The highest BCUT2D eigenvalue weighted by atomic mass is 127. The second-order valence-corrected chi connectivity index (χ2v) is 8.06. The molecule has 1 aliphatic heterocycles. The van der Waals surface area contributed by atoms with Gasteiger partial charge in [-0.2, -0.15) is 11.8 Å². The van der Waals surface area contributed by atoms with Crippen molar-refractivity contribution in [3.8, 4) is 0 Å². The minimum absolute atomic E-state index is 0. The molecule has 3 N–H and O–H groups in total. The van der Waals surface area contributed by atoms with Crippen LogP contribution in [0.25, 0.3) is 0 Å². The fourth-order valence-corrected chi connectivity index (χ4v) is 4.60. The maximum absolute atomic E-state index is 10.4. The molecule has 0 bridgehead atoms. The number of nitrogens with zero attached hydrogens (tertiary/aromatic N) is 1. The van der Waals surface area contributed by atoms with Gasteiger partial charge in [0, 0.05) is 25.4 Å². The number of nitrogens with one attached hydrogen (secondary N) is 2.